The van der Waals surface area contributed by atoms with Crippen LogP contribution < -0.4 is 10.5 Å². The summed E-state index contributed by atoms with van der Waals surface area (Å²) in [6.45, 7) is 0.732. The third-order valence-electron chi connectivity index (χ3n) is 4.32. The van der Waals surface area contributed by atoms with E-state index in [1.165, 1.54) is 43.4 Å². The third kappa shape index (κ3) is 2.37. The first-order valence-electron chi connectivity index (χ1n) is 7.22. The molecule has 98 valence electrons. The first kappa shape index (κ1) is 12.0. The number of aromatic nitrogens is 1. The molecule has 0 aliphatic heterocycles. The van der Waals surface area contributed by atoms with E-state index in [-0.39, 0.29) is 6.10 Å². The third-order valence-corrected chi connectivity index (χ3v) is 4.32. The highest BCUT2D eigenvalue weighted by Gasteiger charge is 2.26. The van der Waals surface area contributed by atoms with E-state index in [0.29, 0.717) is 5.92 Å². The summed E-state index contributed by atoms with van der Waals surface area (Å²) in [7, 11) is 0. The van der Waals surface area contributed by atoms with Gasteiger partial charge in [-0.15, -0.1) is 0 Å². The minimum atomic E-state index is 0.274. The van der Waals surface area contributed by atoms with Crippen LogP contribution in [0, 0.1) is 5.92 Å². The molecule has 1 fully saturated rings. The summed E-state index contributed by atoms with van der Waals surface area (Å²) >= 11 is 0. The van der Waals surface area contributed by atoms with E-state index < -0.39 is 0 Å². The van der Waals surface area contributed by atoms with Crippen molar-refractivity contribution in [3.63, 3.8) is 0 Å². The first-order valence-corrected chi connectivity index (χ1v) is 7.22. The van der Waals surface area contributed by atoms with Gasteiger partial charge in [0.05, 0.1) is 0 Å². The van der Waals surface area contributed by atoms with Crippen molar-refractivity contribution in [3.05, 3.63) is 23.4 Å². The molecular formula is C15H22N2O. The van der Waals surface area contributed by atoms with Gasteiger partial charge in [-0.25, -0.2) is 4.98 Å². The van der Waals surface area contributed by atoms with E-state index in [1.807, 2.05) is 6.07 Å². The van der Waals surface area contributed by atoms with Crippen molar-refractivity contribution >= 4 is 0 Å². The Hall–Kier alpha value is -1.09. The molecule has 2 aliphatic rings. The summed E-state index contributed by atoms with van der Waals surface area (Å²) in [5, 5.41) is 0. The highest BCUT2D eigenvalue weighted by Crippen LogP contribution is 2.29. The minimum Gasteiger partial charge on any atom is -0.474 e. The Morgan fingerprint density at radius 2 is 2.06 bits per heavy atom. The van der Waals surface area contributed by atoms with Crippen LogP contribution in [0.1, 0.15) is 43.4 Å². The van der Waals surface area contributed by atoms with Crippen LogP contribution in [0.25, 0.3) is 0 Å². The van der Waals surface area contributed by atoms with Crippen LogP contribution in [-0.2, 0) is 12.8 Å². The molecule has 0 saturated heterocycles. The Morgan fingerprint density at radius 1 is 1.17 bits per heavy atom. The van der Waals surface area contributed by atoms with Gasteiger partial charge >= 0.3 is 0 Å². The van der Waals surface area contributed by atoms with Gasteiger partial charge in [0.15, 0.2) is 0 Å². The highest BCUT2D eigenvalue weighted by atomic mass is 16.5. The molecular weight excluding hydrogens is 224 g/mol. The maximum Gasteiger partial charge on any atom is 0.213 e. The molecule has 2 N–H and O–H groups in total. The topological polar surface area (TPSA) is 48.1 Å². The van der Waals surface area contributed by atoms with Gasteiger partial charge in [-0.1, -0.05) is 12.5 Å². The zero-order valence-corrected chi connectivity index (χ0v) is 10.9. The summed E-state index contributed by atoms with van der Waals surface area (Å²) in [6, 6.07) is 4.22. The van der Waals surface area contributed by atoms with Crippen LogP contribution in [0.4, 0.5) is 0 Å². The van der Waals surface area contributed by atoms with Crippen LogP contribution in [0.3, 0.4) is 0 Å². The van der Waals surface area contributed by atoms with Crippen molar-refractivity contribution < 1.29 is 4.74 Å². The Labute approximate surface area is 109 Å². The average Bonchev–Trinajstić information content (AvgIpc) is 2.87. The lowest BCUT2D eigenvalue weighted by Crippen LogP contribution is -2.35. The first-order chi connectivity index (χ1) is 8.86. The molecule has 0 aromatic carbocycles. The Bertz CT molecular complexity index is 419. The second kappa shape index (κ2) is 5.27. The number of hydrogen-bond acceptors (Lipinski definition) is 3. The predicted molar refractivity (Wildman–Crippen MR) is 71.7 cm³/mol. The fraction of sp³-hybridized carbons (Fsp3) is 0.667. The van der Waals surface area contributed by atoms with E-state index in [9.17, 15) is 0 Å². The zero-order chi connectivity index (χ0) is 12.4. The fourth-order valence-corrected chi connectivity index (χ4v) is 3.22. The molecule has 3 nitrogen and oxygen atoms in total. The monoisotopic (exact) mass is 246 g/mol. The molecule has 1 heterocycles. The zero-order valence-electron chi connectivity index (χ0n) is 10.9. The maximum atomic E-state index is 6.09. The molecule has 2 atom stereocenters. The van der Waals surface area contributed by atoms with Gasteiger partial charge in [0.1, 0.15) is 6.10 Å². The molecule has 0 radical (unpaired) electrons. The molecule has 3 rings (SSSR count). The van der Waals surface area contributed by atoms with Crippen molar-refractivity contribution in [1.82, 2.24) is 4.98 Å². The molecule has 2 aliphatic carbocycles. The van der Waals surface area contributed by atoms with Crippen LogP contribution in [0.15, 0.2) is 12.1 Å². The van der Waals surface area contributed by atoms with Crippen molar-refractivity contribution in [2.45, 2.75) is 51.0 Å². The number of fused-ring (bicyclic) bond motifs is 1. The number of aryl methyl sites for hydroxylation is 2. The minimum absolute atomic E-state index is 0.274. The second-order valence-corrected chi connectivity index (χ2v) is 5.55. The highest BCUT2D eigenvalue weighted by molar-refractivity contribution is 5.29. The van der Waals surface area contributed by atoms with E-state index >= 15 is 0 Å². The SMILES string of the molecule is NCC1CCCCC1Oc1ccc2c(n1)CCC2. The van der Waals surface area contributed by atoms with E-state index in [1.54, 1.807) is 0 Å². The second-order valence-electron chi connectivity index (χ2n) is 5.55. The van der Waals surface area contributed by atoms with Crippen molar-refractivity contribution in [2.24, 2.45) is 11.7 Å². The number of pyridine rings is 1. The normalized spacial score (nSPS) is 26.9. The van der Waals surface area contributed by atoms with Crippen molar-refractivity contribution in [1.29, 1.82) is 0 Å². The molecule has 0 spiro atoms. The predicted octanol–water partition coefficient (Wildman–Crippen LogP) is 2.47. The number of ether oxygens (including phenoxy) is 1. The standard InChI is InChI=1S/C15H22N2O/c16-10-12-4-1-2-7-14(12)18-15-9-8-11-5-3-6-13(11)17-15/h8-9,12,14H,1-7,10,16H2. The number of rotatable bonds is 3. The number of hydrogen-bond donors (Lipinski definition) is 1. The maximum absolute atomic E-state index is 6.09. The smallest absolute Gasteiger partial charge is 0.213 e. The van der Waals surface area contributed by atoms with Gasteiger partial charge in [0.25, 0.3) is 0 Å². The summed E-state index contributed by atoms with van der Waals surface area (Å²) < 4.78 is 6.09. The van der Waals surface area contributed by atoms with E-state index in [0.717, 1.165) is 25.3 Å². The number of nitrogens with zero attached hydrogens (tertiary/aromatic N) is 1. The van der Waals surface area contributed by atoms with Crippen LogP contribution in [0.5, 0.6) is 5.88 Å². The van der Waals surface area contributed by atoms with Gasteiger partial charge in [0, 0.05) is 17.7 Å². The molecule has 0 bridgehead atoms. The van der Waals surface area contributed by atoms with Crippen LogP contribution in [-0.4, -0.2) is 17.6 Å². The lowest BCUT2D eigenvalue weighted by atomic mass is 9.86. The van der Waals surface area contributed by atoms with E-state index in [2.05, 4.69) is 11.1 Å². The molecule has 3 heteroatoms. The average molecular weight is 246 g/mol. The lowest BCUT2D eigenvalue weighted by molar-refractivity contribution is 0.0921. The summed E-state index contributed by atoms with van der Waals surface area (Å²) in [5.41, 5.74) is 8.48. The molecule has 1 aromatic rings. The molecule has 18 heavy (non-hydrogen) atoms. The molecule has 1 saturated carbocycles. The quantitative estimate of drug-likeness (QED) is 0.891. The van der Waals surface area contributed by atoms with Gasteiger partial charge in [-0.2, -0.15) is 0 Å². The van der Waals surface area contributed by atoms with Gasteiger partial charge < -0.3 is 10.5 Å². The van der Waals surface area contributed by atoms with Crippen molar-refractivity contribution in [3.8, 4) is 5.88 Å². The largest absolute Gasteiger partial charge is 0.474 e. The van der Waals surface area contributed by atoms with Gasteiger partial charge in [0.2, 0.25) is 5.88 Å². The fourth-order valence-electron chi connectivity index (χ4n) is 3.22. The lowest BCUT2D eigenvalue weighted by Gasteiger charge is -2.30. The molecule has 2 unspecified atom stereocenters. The van der Waals surface area contributed by atoms with Gasteiger partial charge in [-0.3, -0.25) is 0 Å². The van der Waals surface area contributed by atoms with Crippen LogP contribution >= 0.6 is 0 Å². The Kier molecular flexibility index (Phi) is 3.50. The van der Waals surface area contributed by atoms with Gasteiger partial charge in [-0.05, 0) is 50.6 Å². The number of nitrogens with two attached hydrogens (primary N) is 1. The van der Waals surface area contributed by atoms with Crippen LogP contribution in [0.2, 0.25) is 0 Å². The Balaban J connectivity index is 1.71. The van der Waals surface area contributed by atoms with E-state index in [4.69, 9.17) is 10.5 Å². The Morgan fingerprint density at radius 3 is 2.94 bits per heavy atom. The molecule has 0 amide bonds. The summed E-state index contributed by atoms with van der Waals surface area (Å²) in [4.78, 5) is 4.65. The molecule has 1 aromatic heterocycles. The van der Waals surface area contributed by atoms with Crippen molar-refractivity contribution in [2.75, 3.05) is 6.54 Å². The summed E-state index contributed by atoms with van der Waals surface area (Å²) in [5.74, 6) is 1.31. The summed E-state index contributed by atoms with van der Waals surface area (Å²) in [6.07, 6.45) is 8.67.